The molecule has 1 amide bonds. The maximum Gasteiger partial charge on any atom is 0.217 e. The van der Waals surface area contributed by atoms with Crippen molar-refractivity contribution in [3.63, 3.8) is 0 Å². The zero-order chi connectivity index (χ0) is 26.5. The van der Waals surface area contributed by atoms with Gasteiger partial charge in [0.2, 0.25) is 5.91 Å². The highest BCUT2D eigenvalue weighted by atomic mass is 16.5. The Hall–Kier alpha value is -4.66. The molecule has 0 atom stereocenters. The van der Waals surface area contributed by atoms with E-state index in [9.17, 15) is 19.8 Å². The molecule has 9 heteroatoms. The topological polar surface area (TPSA) is 175 Å². The van der Waals surface area contributed by atoms with Crippen molar-refractivity contribution in [1.29, 1.82) is 0 Å². The van der Waals surface area contributed by atoms with Gasteiger partial charge in [0.25, 0.3) is 0 Å². The summed E-state index contributed by atoms with van der Waals surface area (Å²) in [6, 6.07) is 15.2. The number of anilines is 2. The molecular weight excluding hydrogens is 474 g/mol. The third kappa shape index (κ3) is 5.78. The minimum absolute atomic E-state index is 0.0244. The van der Waals surface area contributed by atoms with Crippen molar-refractivity contribution in [1.82, 2.24) is 0 Å². The van der Waals surface area contributed by atoms with E-state index < -0.39 is 5.78 Å². The first-order chi connectivity index (χ1) is 17.7. The molecule has 0 spiro atoms. The van der Waals surface area contributed by atoms with Gasteiger partial charge in [0, 0.05) is 29.9 Å². The van der Waals surface area contributed by atoms with Gasteiger partial charge >= 0.3 is 0 Å². The number of aryl methyl sites for hydroxylation is 1. The molecule has 0 fully saturated rings. The Morgan fingerprint density at radius 2 is 1.62 bits per heavy atom. The molecule has 1 heterocycles. The number of carbonyl (C=O) groups excluding carboxylic acids is 2. The van der Waals surface area contributed by atoms with Crippen LogP contribution in [0.3, 0.4) is 0 Å². The van der Waals surface area contributed by atoms with Crippen LogP contribution in [0, 0.1) is 0 Å². The van der Waals surface area contributed by atoms with E-state index in [1.54, 1.807) is 6.07 Å². The number of amides is 1. The summed E-state index contributed by atoms with van der Waals surface area (Å²) in [7, 11) is 0. The van der Waals surface area contributed by atoms with Gasteiger partial charge in [0.05, 0.1) is 16.9 Å². The zero-order valence-electron chi connectivity index (χ0n) is 20.2. The molecule has 0 unspecified atom stereocenters. The maximum atomic E-state index is 13.6. The number of rotatable bonds is 11. The number of furan rings is 1. The maximum absolute atomic E-state index is 13.6. The van der Waals surface area contributed by atoms with E-state index in [2.05, 4.69) is 0 Å². The minimum Gasteiger partial charge on any atom is -0.504 e. The molecule has 0 saturated heterocycles. The lowest BCUT2D eigenvalue weighted by molar-refractivity contribution is -0.118. The van der Waals surface area contributed by atoms with Gasteiger partial charge in [-0.3, -0.25) is 9.59 Å². The number of hydrogen-bond acceptors (Lipinski definition) is 8. The number of benzene rings is 3. The normalized spacial score (nSPS) is 11.0. The third-order valence-electron chi connectivity index (χ3n) is 6.06. The fourth-order valence-corrected chi connectivity index (χ4v) is 4.16. The summed E-state index contributed by atoms with van der Waals surface area (Å²) < 4.78 is 11.9. The van der Waals surface area contributed by atoms with Crippen LogP contribution in [0.4, 0.5) is 11.4 Å². The van der Waals surface area contributed by atoms with Gasteiger partial charge in [0.15, 0.2) is 23.0 Å². The third-order valence-corrected chi connectivity index (χ3v) is 6.06. The number of carbonyl (C=O) groups is 2. The lowest BCUT2D eigenvalue weighted by Gasteiger charge is -2.09. The number of unbranched alkanes of at least 4 members (excludes halogenated alkanes) is 2. The monoisotopic (exact) mass is 503 g/mol. The van der Waals surface area contributed by atoms with E-state index in [1.165, 1.54) is 18.2 Å². The Morgan fingerprint density at radius 1 is 0.919 bits per heavy atom. The van der Waals surface area contributed by atoms with E-state index >= 15 is 0 Å². The Morgan fingerprint density at radius 3 is 2.30 bits per heavy atom. The molecule has 9 nitrogen and oxygen atoms in total. The van der Waals surface area contributed by atoms with Crippen molar-refractivity contribution in [3.05, 3.63) is 77.0 Å². The van der Waals surface area contributed by atoms with Crippen LogP contribution in [0.2, 0.25) is 0 Å². The Balaban J connectivity index is 1.69. The van der Waals surface area contributed by atoms with E-state index in [1.807, 2.05) is 30.3 Å². The summed E-state index contributed by atoms with van der Waals surface area (Å²) in [6.45, 7) is 0.241. The smallest absolute Gasteiger partial charge is 0.217 e. The average Bonchev–Trinajstić information content (AvgIpc) is 3.22. The zero-order valence-corrected chi connectivity index (χ0v) is 20.2. The average molecular weight is 504 g/mol. The molecular formula is C28H29N3O6. The molecule has 4 aromatic rings. The lowest BCUT2D eigenvalue weighted by Crippen LogP contribution is -2.09. The lowest BCUT2D eigenvalue weighted by atomic mass is 9.97. The highest BCUT2D eigenvalue weighted by Crippen LogP contribution is 2.39. The van der Waals surface area contributed by atoms with Crippen molar-refractivity contribution in [2.75, 3.05) is 11.5 Å². The fourth-order valence-electron chi connectivity index (χ4n) is 4.16. The van der Waals surface area contributed by atoms with Crippen LogP contribution in [0.15, 0.2) is 59.0 Å². The number of ether oxygens (including phenoxy) is 1. The van der Waals surface area contributed by atoms with Crippen molar-refractivity contribution >= 4 is 34.0 Å². The highest BCUT2D eigenvalue weighted by Gasteiger charge is 2.25. The number of primary amides is 1. The van der Waals surface area contributed by atoms with Gasteiger partial charge in [-0.25, -0.2) is 0 Å². The molecule has 37 heavy (non-hydrogen) atoms. The van der Waals surface area contributed by atoms with Gasteiger partial charge in [-0.2, -0.15) is 0 Å². The number of phenolic OH excluding ortho intramolecular Hbond substituents is 2. The van der Waals surface area contributed by atoms with Gasteiger partial charge in [-0.05, 0) is 36.6 Å². The second-order valence-electron chi connectivity index (χ2n) is 8.85. The molecule has 8 N–H and O–H groups in total. The number of aromatic hydroxyl groups is 2. The summed E-state index contributed by atoms with van der Waals surface area (Å²) in [5.74, 6) is -0.571. The molecule has 192 valence electrons. The van der Waals surface area contributed by atoms with Gasteiger partial charge in [-0.15, -0.1) is 0 Å². The van der Waals surface area contributed by atoms with Crippen LogP contribution in [-0.4, -0.2) is 21.9 Å². The van der Waals surface area contributed by atoms with Crippen LogP contribution in [0.5, 0.6) is 17.2 Å². The number of phenols is 2. The minimum atomic E-state index is -0.415. The Bertz CT molecular complexity index is 1420. The van der Waals surface area contributed by atoms with E-state index in [-0.39, 0.29) is 58.7 Å². The van der Waals surface area contributed by atoms with E-state index in [0.29, 0.717) is 42.4 Å². The van der Waals surface area contributed by atoms with Gasteiger partial charge in [-0.1, -0.05) is 36.8 Å². The van der Waals surface area contributed by atoms with Crippen LogP contribution in [0.1, 0.15) is 52.9 Å². The molecule has 0 aliphatic heterocycles. The highest BCUT2D eigenvalue weighted by molar-refractivity contribution is 6.18. The van der Waals surface area contributed by atoms with Crippen molar-refractivity contribution in [3.8, 4) is 17.2 Å². The van der Waals surface area contributed by atoms with Crippen molar-refractivity contribution in [2.24, 2.45) is 5.73 Å². The number of fused-ring (bicyclic) bond motifs is 1. The largest absolute Gasteiger partial charge is 0.504 e. The van der Waals surface area contributed by atoms with E-state index in [4.69, 9.17) is 26.4 Å². The first-order valence-corrected chi connectivity index (χ1v) is 11.9. The number of ketones is 1. The SMILES string of the molecule is NC(=O)CCCCCc1oc2cc(OCc3ccccc3)c(O)cc2c1C(=O)c1cc(N)c(O)c(N)c1. The fraction of sp³-hybridized carbons (Fsp3) is 0.214. The number of nitrogen functional groups attached to an aromatic ring is 2. The molecule has 0 aliphatic rings. The predicted octanol–water partition coefficient (Wildman–Crippen LogP) is 4.41. The summed E-state index contributed by atoms with van der Waals surface area (Å²) in [5.41, 5.74) is 18.6. The summed E-state index contributed by atoms with van der Waals surface area (Å²) in [4.78, 5) is 24.6. The molecule has 0 radical (unpaired) electrons. The number of nitrogens with two attached hydrogens (primary N) is 3. The van der Waals surface area contributed by atoms with Gasteiger partial charge in [0.1, 0.15) is 18.0 Å². The molecule has 3 aromatic carbocycles. The standard InChI is InChI=1S/C28H29N3O6/c29-19-11-17(12-20(30)28(19)35)27(34)26-18-13-21(32)24(36-15-16-7-3-1-4-8-16)14-23(18)37-22(26)9-5-2-6-10-25(31)33/h1,3-4,7-8,11-14,32,35H,2,5-6,9-10,15,29-30H2,(H2,31,33). The van der Waals surface area contributed by atoms with Crippen molar-refractivity contribution in [2.45, 2.75) is 38.7 Å². The molecule has 4 rings (SSSR count). The predicted molar refractivity (Wildman–Crippen MR) is 140 cm³/mol. The van der Waals surface area contributed by atoms with Gasteiger partial charge < -0.3 is 36.6 Å². The summed E-state index contributed by atoms with van der Waals surface area (Å²) in [6.07, 6.45) is 2.69. The quantitative estimate of drug-likeness (QED) is 0.0865. The Kier molecular flexibility index (Phi) is 7.52. The second-order valence-corrected chi connectivity index (χ2v) is 8.85. The van der Waals surface area contributed by atoms with Crippen LogP contribution < -0.4 is 21.9 Å². The summed E-state index contributed by atoms with van der Waals surface area (Å²) >= 11 is 0. The van der Waals surface area contributed by atoms with Crippen LogP contribution in [-0.2, 0) is 17.8 Å². The first kappa shape index (κ1) is 25.4. The first-order valence-electron chi connectivity index (χ1n) is 11.9. The summed E-state index contributed by atoms with van der Waals surface area (Å²) in [5, 5.41) is 21.0. The molecule has 1 aromatic heterocycles. The number of hydrogen-bond donors (Lipinski definition) is 5. The molecule has 0 saturated carbocycles. The molecule has 0 bridgehead atoms. The van der Waals surface area contributed by atoms with Crippen LogP contribution in [0.25, 0.3) is 11.0 Å². The molecule has 0 aliphatic carbocycles. The van der Waals surface area contributed by atoms with Crippen molar-refractivity contribution < 1.29 is 29.0 Å². The van der Waals surface area contributed by atoms with Crippen LogP contribution >= 0.6 is 0 Å². The Labute approximate surface area is 213 Å². The van der Waals surface area contributed by atoms with E-state index in [0.717, 1.165) is 5.56 Å². The second kappa shape index (κ2) is 10.9.